The molecule has 0 aromatic rings. The molecule has 8 heteroatoms. The maximum Gasteiger partial charge on any atom is 0.209 e. The van der Waals surface area contributed by atoms with Crippen molar-refractivity contribution in [2.75, 3.05) is 39.0 Å². The lowest BCUT2D eigenvalue weighted by atomic mass is 10.0. The monoisotopic (exact) mass is 375 g/mol. The maximum absolute atomic E-state index is 11.4. The average Bonchev–Trinajstić information content (AvgIpc) is 2.51. The van der Waals surface area contributed by atoms with Crippen LogP contribution in [0.2, 0.25) is 0 Å². The second-order valence-electron chi connectivity index (χ2n) is 7.47. The molecule has 25 heavy (non-hydrogen) atoms. The lowest BCUT2D eigenvalue weighted by Gasteiger charge is -2.35. The summed E-state index contributed by atoms with van der Waals surface area (Å²) in [4.78, 5) is 7.10. The van der Waals surface area contributed by atoms with Gasteiger partial charge in [0.2, 0.25) is 10.0 Å². The summed E-state index contributed by atoms with van der Waals surface area (Å²) in [6, 6.07) is 0.702. The summed E-state index contributed by atoms with van der Waals surface area (Å²) < 4.78 is 25.5. The average molecular weight is 376 g/mol. The van der Waals surface area contributed by atoms with Crippen LogP contribution in [0.5, 0.6) is 0 Å². The summed E-state index contributed by atoms with van der Waals surface area (Å²) in [6.07, 6.45) is 6.31. The van der Waals surface area contributed by atoms with Crippen LogP contribution in [0.4, 0.5) is 0 Å². The van der Waals surface area contributed by atoms with Crippen LogP contribution < -0.4 is 15.4 Å². The van der Waals surface area contributed by atoms with E-state index >= 15 is 0 Å². The van der Waals surface area contributed by atoms with E-state index in [4.69, 9.17) is 0 Å². The Hall–Kier alpha value is -0.860. The number of hydrogen-bond donors (Lipinski definition) is 3. The Balaban J connectivity index is 2.52. The number of sulfonamides is 1. The van der Waals surface area contributed by atoms with Crippen LogP contribution in [0.3, 0.4) is 0 Å². The summed E-state index contributed by atoms with van der Waals surface area (Å²) in [5.74, 6) is 0.732. The van der Waals surface area contributed by atoms with Crippen LogP contribution in [0.1, 0.15) is 53.4 Å². The summed E-state index contributed by atoms with van der Waals surface area (Å²) in [7, 11) is -3.25. The minimum absolute atomic E-state index is 0.372. The minimum atomic E-state index is -3.25. The van der Waals surface area contributed by atoms with Crippen molar-refractivity contribution >= 4 is 16.0 Å². The van der Waals surface area contributed by atoms with Crippen LogP contribution in [-0.4, -0.2) is 69.8 Å². The van der Waals surface area contributed by atoms with Gasteiger partial charge in [0, 0.05) is 31.2 Å². The van der Waals surface area contributed by atoms with Gasteiger partial charge in [-0.15, -0.1) is 0 Å². The molecule has 148 valence electrons. The van der Waals surface area contributed by atoms with Crippen LogP contribution in [0, 0.1) is 0 Å². The van der Waals surface area contributed by atoms with Gasteiger partial charge in [-0.3, -0.25) is 9.89 Å². The van der Waals surface area contributed by atoms with E-state index in [9.17, 15) is 8.42 Å². The molecule has 1 saturated heterocycles. The maximum atomic E-state index is 11.4. The molecule has 1 unspecified atom stereocenters. The van der Waals surface area contributed by atoms with E-state index in [0.29, 0.717) is 12.6 Å². The fraction of sp³-hybridized carbons (Fsp3) is 0.941. The third-order valence-corrected chi connectivity index (χ3v) is 5.27. The predicted molar refractivity (Wildman–Crippen MR) is 106 cm³/mol. The van der Waals surface area contributed by atoms with Crippen LogP contribution in [0.25, 0.3) is 0 Å². The van der Waals surface area contributed by atoms with Crippen molar-refractivity contribution in [2.45, 2.75) is 65.0 Å². The molecule has 0 spiro atoms. The lowest BCUT2D eigenvalue weighted by Crippen LogP contribution is -2.48. The van der Waals surface area contributed by atoms with Gasteiger partial charge in [0.15, 0.2) is 5.96 Å². The predicted octanol–water partition coefficient (Wildman–Crippen LogP) is 1.13. The molecular formula is C17H37N5O2S. The highest BCUT2D eigenvalue weighted by Crippen LogP contribution is 2.18. The van der Waals surface area contributed by atoms with Crippen molar-refractivity contribution in [1.29, 1.82) is 0 Å². The summed E-state index contributed by atoms with van der Waals surface area (Å²) in [5, 5.41) is 6.59. The summed E-state index contributed by atoms with van der Waals surface area (Å²) in [6.45, 7) is 12.1. The van der Waals surface area contributed by atoms with Crippen LogP contribution >= 0.6 is 0 Å². The molecule has 0 amide bonds. The highest BCUT2D eigenvalue weighted by molar-refractivity contribution is 7.88. The first-order chi connectivity index (χ1) is 11.7. The first kappa shape index (κ1) is 22.2. The van der Waals surface area contributed by atoms with Crippen molar-refractivity contribution in [3.05, 3.63) is 0 Å². The molecule has 1 fully saturated rings. The van der Waals surface area contributed by atoms with Gasteiger partial charge in [-0.25, -0.2) is 13.1 Å². The van der Waals surface area contributed by atoms with Gasteiger partial charge in [-0.2, -0.15) is 0 Å². The molecule has 1 aliphatic rings. The number of rotatable bonds is 9. The zero-order valence-electron chi connectivity index (χ0n) is 16.6. The highest BCUT2D eigenvalue weighted by atomic mass is 32.2. The van der Waals surface area contributed by atoms with E-state index in [1.807, 2.05) is 20.8 Å². The summed E-state index contributed by atoms with van der Waals surface area (Å²) in [5.41, 5.74) is -0.615. The van der Waals surface area contributed by atoms with E-state index in [1.165, 1.54) is 38.5 Å². The molecular weight excluding hydrogens is 338 g/mol. The molecule has 1 rings (SSSR count). The molecule has 0 bridgehead atoms. The molecule has 0 aliphatic carbocycles. The first-order valence-electron chi connectivity index (χ1n) is 9.42. The van der Waals surface area contributed by atoms with Gasteiger partial charge in [0.1, 0.15) is 0 Å². The second-order valence-corrected chi connectivity index (χ2v) is 9.22. The molecule has 0 saturated carbocycles. The topological polar surface area (TPSA) is 85.8 Å². The summed E-state index contributed by atoms with van der Waals surface area (Å²) >= 11 is 0. The number of piperidine rings is 1. The van der Waals surface area contributed by atoms with Gasteiger partial charge in [-0.05, 0) is 46.6 Å². The van der Waals surface area contributed by atoms with Gasteiger partial charge >= 0.3 is 0 Å². The standard InChI is InChI=1S/C17H37N5O2S/c1-6-15-10-8-9-12-22(15)13-11-19-16(18-7-2)20-14-17(3,4)21-25(5,23)24/h15,21H,6-14H2,1-5H3,(H2,18,19,20). The van der Waals surface area contributed by atoms with Gasteiger partial charge in [0.25, 0.3) is 0 Å². The Morgan fingerprint density at radius 1 is 1.24 bits per heavy atom. The Kier molecular flexibility index (Phi) is 9.16. The molecule has 1 aliphatic heterocycles. The number of guanidine groups is 1. The number of hydrogen-bond acceptors (Lipinski definition) is 4. The zero-order valence-corrected chi connectivity index (χ0v) is 17.4. The van der Waals surface area contributed by atoms with E-state index in [2.05, 4.69) is 32.2 Å². The van der Waals surface area contributed by atoms with Crippen LogP contribution in [-0.2, 0) is 10.0 Å². The van der Waals surface area contributed by atoms with Crippen molar-refractivity contribution in [3.63, 3.8) is 0 Å². The third kappa shape index (κ3) is 9.42. The number of aliphatic imine (C=N–C) groups is 1. The lowest BCUT2D eigenvalue weighted by molar-refractivity contribution is 0.147. The van der Waals surface area contributed by atoms with Gasteiger partial charge in [0.05, 0.1) is 12.8 Å². The molecule has 1 heterocycles. The molecule has 0 aromatic heterocycles. The van der Waals surface area contributed by atoms with E-state index < -0.39 is 15.6 Å². The molecule has 7 nitrogen and oxygen atoms in total. The normalized spacial score (nSPS) is 20.5. The number of nitrogens with zero attached hydrogens (tertiary/aromatic N) is 2. The molecule has 3 N–H and O–H groups in total. The number of nitrogens with one attached hydrogen (secondary N) is 3. The molecule has 0 radical (unpaired) electrons. The molecule has 0 aromatic carbocycles. The highest BCUT2D eigenvalue weighted by Gasteiger charge is 2.22. The second kappa shape index (κ2) is 10.3. The van der Waals surface area contributed by atoms with E-state index in [0.717, 1.165) is 25.6 Å². The minimum Gasteiger partial charge on any atom is -0.357 e. The Morgan fingerprint density at radius 2 is 1.96 bits per heavy atom. The fourth-order valence-electron chi connectivity index (χ4n) is 3.29. The van der Waals surface area contributed by atoms with E-state index in [1.54, 1.807) is 0 Å². The van der Waals surface area contributed by atoms with Gasteiger partial charge in [-0.1, -0.05) is 13.3 Å². The van der Waals surface area contributed by atoms with Crippen molar-refractivity contribution in [3.8, 4) is 0 Å². The largest absolute Gasteiger partial charge is 0.357 e. The third-order valence-electron chi connectivity index (χ3n) is 4.35. The Labute approximate surface area is 154 Å². The first-order valence-corrected chi connectivity index (χ1v) is 11.3. The smallest absolute Gasteiger partial charge is 0.209 e. The Morgan fingerprint density at radius 3 is 2.56 bits per heavy atom. The van der Waals surface area contributed by atoms with Crippen LogP contribution in [0.15, 0.2) is 4.99 Å². The quantitative estimate of drug-likeness (QED) is 0.416. The Bertz CT molecular complexity index is 519. The van der Waals surface area contributed by atoms with Crippen molar-refractivity contribution in [2.24, 2.45) is 4.99 Å². The van der Waals surface area contributed by atoms with E-state index in [-0.39, 0.29) is 0 Å². The fourth-order valence-corrected chi connectivity index (χ4v) is 4.36. The van der Waals surface area contributed by atoms with Crippen molar-refractivity contribution in [1.82, 2.24) is 20.3 Å². The number of likely N-dealkylation sites (tertiary alicyclic amines) is 1. The van der Waals surface area contributed by atoms with Crippen molar-refractivity contribution < 1.29 is 8.42 Å². The zero-order chi connectivity index (χ0) is 18.9. The van der Waals surface area contributed by atoms with Gasteiger partial charge < -0.3 is 10.6 Å². The SMILES string of the molecule is CCNC(=NCC(C)(C)NS(C)(=O)=O)NCCN1CCCCC1CC. The molecule has 1 atom stereocenters.